The number of ether oxygens (including phenoxy) is 1. The molecule has 72 valence electrons. The number of carboxylic acid groups (broad SMARTS) is 1. The Morgan fingerprint density at radius 1 is 1.77 bits per heavy atom. The van der Waals surface area contributed by atoms with Crippen LogP contribution in [-0.2, 0) is 18.2 Å². The molecular weight excluding hydrogens is 172 g/mol. The molecule has 0 saturated heterocycles. The molecule has 5 heteroatoms. The zero-order chi connectivity index (χ0) is 9.84. The first-order valence-corrected chi connectivity index (χ1v) is 3.90. The number of aryl methyl sites for hydroxylation is 1. The molecule has 0 unspecified atom stereocenters. The van der Waals surface area contributed by atoms with Gasteiger partial charge >= 0.3 is 5.97 Å². The lowest BCUT2D eigenvalue weighted by molar-refractivity contribution is 0.0685. The highest BCUT2D eigenvalue weighted by atomic mass is 16.5. The highest BCUT2D eigenvalue weighted by molar-refractivity contribution is 5.85. The third kappa shape index (κ3) is 2.29. The van der Waals surface area contributed by atoms with Crippen molar-refractivity contribution in [2.24, 2.45) is 7.05 Å². The van der Waals surface area contributed by atoms with E-state index in [9.17, 15) is 4.79 Å². The van der Waals surface area contributed by atoms with Crippen LogP contribution in [0.2, 0.25) is 0 Å². The number of aromatic carboxylic acids is 1. The molecule has 0 aromatic carbocycles. The summed E-state index contributed by atoms with van der Waals surface area (Å²) in [6, 6.07) is 1.56. The van der Waals surface area contributed by atoms with Gasteiger partial charge in [0.1, 0.15) is 5.69 Å². The van der Waals surface area contributed by atoms with E-state index in [0.717, 1.165) is 5.69 Å². The molecule has 0 amide bonds. The fourth-order valence-corrected chi connectivity index (χ4v) is 1.06. The maximum absolute atomic E-state index is 10.6. The minimum absolute atomic E-state index is 0.200. The summed E-state index contributed by atoms with van der Waals surface area (Å²) < 4.78 is 6.21. The number of hydrogen-bond acceptors (Lipinski definition) is 3. The number of aromatic nitrogens is 2. The lowest BCUT2D eigenvalue weighted by Gasteiger charge is -1.93. The van der Waals surface area contributed by atoms with E-state index in [2.05, 4.69) is 5.10 Å². The summed E-state index contributed by atoms with van der Waals surface area (Å²) >= 11 is 0. The predicted octanol–water partition coefficient (Wildman–Crippen LogP) is 0.307. The van der Waals surface area contributed by atoms with Crippen molar-refractivity contribution in [3.8, 4) is 0 Å². The summed E-state index contributed by atoms with van der Waals surface area (Å²) in [5.41, 5.74) is 0.938. The normalized spacial score (nSPS) is 10.3. The zero-order valence-electron chi connectivity index (χ0n) is 7.65. The molecule has 0 radical (unpaired) electrons. The molecule has 1 N–H and O–H groups in total. The van der Waals surface area contributed by atoms with Crippen molar-refractivity contribution in [1.82, 2.24) is 9.78 Å². The van der Waals surface area contributed by atoms with Crippen molar-refractivity contribution in [2.75, 3.05) is 13.7 Å². The van der Waals surface area contributed by atoms with Gasteiger partial charge in [-0.2, -0.15) is 5.10 Å². The van der Waals surface area contributed by atoms with Crippen molar-refractivity contribution in [3.63, 3.8) is 0 Å². The van der Waals surface area contributed by atoms with Crippen molar-refractivity contribution in [3.05, 3.63) is 17.5 Å². The van der Waals surface area contributed by atoms with E-state index in [0.29, 0.717) is 13.0 Å². The van der Waals surface area contributed by atoms with Gasteiger partial charge < -0.3 is 9.84 Å². The monoisotopic (exact) mass is 184 g/mol. The molecule has 0 aliphatic rings. The van der Waals surface area contributed by atoms with E-state index in [-0.39, 0.29) is 5.69 Å². The Hall–Kier alpha value is -1.36. The number of nitrogens with zero attached hydrogens (tertiary/aromatic N) is 2. The lowest BCUT2D eigenvalue weighted by atomic mass is 10.3. The summed E-state index contributed by atoms with van der Waals surface area (Å²) in [5, 5.41) is 12.7. The van der Waals surface area contributed by atoms with Gasteiger partial charge in [-0.25, -0.2) is 4.79 Å². The molecule has 1 heterocycles. The summed E-state index contributed by atoms with van der Waals surface area (Å²) in [6.45, 7) is 0.552. The maximum Gasteiger partial charge on any atom is 0.354 e. The fourth-order valence-electron chi connectivity index (χ4n) is 1.06. The van der Waals surface area contributed by atoms with Gasteiger partial charge in [-0.1, -0.05) is 0 Å². The van der Waals surface area contributed by atoms with E-state index in [1.54, 1.807) is 20.2 Å². The van der Waals surface area contributed by atoms with E-state index in [1.807, 2.05) is 0 Å². The number of methoxy groups -OCH3 is 1. The molecule has 1 aromatic rings. The summed E-state index contributed by atoms with van der Waals surface area (Å²) in [6.07, 6.45) is 0.637. The highest BCUT2D eigenvalue weighted by Gasteiger charge is 2.10. The molecule has 5 nitrogen and oxygen atoms in total. The average molecular weight is 184 g/mol. The van der Waals surface area contributed by atoms with E-state index >= 15 is 0 Å². The van der Waals surface area contributed by atoms with Crippen molar-refractivity contribution in [1.29, 1.82) is 0 Å². The van der Waals surface area contributed by atoms with Crippen LogP contribution < -0.4 is 0 Å². The predicted molar refractivity (Wildman–Crippen MR) is 45.7 cm³/mol. The lowest BCUT2D eigenvalue weighted by Crippen LogP contribution is -2.04. The average Bonchev–Trinajstić information content (AvgIpc) is 2.43. The molecule has 0 aliphatic carbocycles. The Balaban J connectivity index is 2.76. The van der Waals surface area contributed by atoms with Crippen LogP contribution in [0.1, 0.15) is 16.2 Å². The maximum atomic E-state index is 10.6. The van der Waals surface area contributed by atoms with Crippen LogP contribution in [0.15, 0.2) is 6.07 Å². The van der Waals surface area contributed by atoms with Crippen molar-refractivity contribution in [2.45, 2.75) is 6.42 Å². The summed E-state index contributed by atoms with van der Waals surface area (Å²) in [4.78, 5) is 10.6. The van der Waals surface area contributed by atoms with Crippen LogP contribution in [-0.4, -0.2) is 34.6 Å². The minimum Gasteiger partial charge on any atom is -0.477 e. The Bertz CT molecular complexity index is 306. The summed E-state index contributed by atoms with van der Waals surface area (Å²) in [7, 11) is 3.21. The van der Waals surface area contributed by atoms with Crippen LogP contribution in [0.25, 0.3) is 0 Å². The minimum atomic E-state index is -0.960. The molecular formula is C8H12N2O3. The van der Waals surface area contributed by atoms with Gasteiger partial charge in [0.15, 0.2) is 0 Å². The number of carboxylic acids is 1. The van der Waals surface area contributed by atoms with Gasteiger partial charge in [0.05, 0.1) is 12.3 Å². The van der Waals surface area contributed by atoms with Gasteiger partial charge in [0, 0.05) is 20.6 Å². The Morgan fingerprint density at radius 2 is 2.46 bits per heavy atom. The quantitative estimate of drug-likeness (QED) is 0.731. The smallest absolute Gasteiger partial charge is 0.354 e. The molecule has 1 rings (SSSR count). The number of hydrogen-bond donors (Lipinski definition) is 1. The van der Waals surface area contributed by atoms with E-state index in [1.165, 1.54) is 4.68 Å². The van der Waals surface area contributed by atoms with Crippen molar-refractivity contribution >= 4 is 5.97 Å². The molecule has 13 heavy (non-hydrogen) atoms. The number of rotatable bonds is 4. The Morgan fingerprint density at radius 3 is 2.92 bits per heavy atom. The van der Waals surface area contributed by atoms with Crippen LogP contribution in [0.4, 0.5) is 0 Å². The number of carbonyl (C=O) groups is 1. The Kier molecular flexibility index (Phi) is 3.02. The van der Waals surface area contributed by atoms with E-state index < -0.39 is 5.97 Å². The fraction of sp³-hybridized carbons (Fsp3) is 0.500. The van der Waals surface area contributed by atoms with E-state index in [4.69, 9.17) is 9.84 Å². The first-order chi connectivity index (χ1) is 6.15. The molecule has 0 atom stereocenters. The van der Waals surface area contributed by atoms with Crippen LogP contribution in [0.3, 0.4) is 0 Å². The first-order valence-electron chi connectivity index (χ1n) is 3.90. The third-order valence-corrected chi connectivity index (χ3v) is 1.71. The second-order valence-corrected chi connectivity index (χ2v) is 2.69. The summed E-state index contributed by atoms with van der Waals surface area (Å²) in [5.74, 6) is -0.960. The van der Waals surface area contributed by atoms with Gasteiger partial charge in [0.2, 0.25) is 0 Å². The van der Waals surface area contributed by atoms with Crippen LogP contribution >= 0.6 is 0 Å². The van der Waals surface area contributed by atoms with Gasteiger partial charge in [-0.3, -0.25) is 4.68 Å². The molecule has 0 bridgehead atoms. The molecule has 0 spiro atoms. The topological polar surface area (TPSA) is 64.3 Å². The molecule has 1 aromatic heterocycles. The van der Waals surface area contributed by atoms with Crippen LogP contribution in [0, 0.1) is 0 Å². The van der Waals surface area contributed by atoms with Crippen molar-refractivity contribution < 1.29 is 14.6 Å². The largest absolute Gasteiger partial charge is 0.477 e. The van der Waals surface area contributed by atoms with Gasteiger partial charge in [-0.15, -0.1) is 0 Å². The second-order valence-electron chi connectivity index (χ2n) is 2.69. The zero-order valence-corrected chi connectivity index (χ0v) is 7.65. The first kappa shape index (κ1) is 9.73. The molecule has 0 aliphatic heterocycles. The van der Waals surface area contributed by atoms with Gasteiger partial charge in [0.25, 0.3) is 0 Å². The second kappa shape index (κ2) is 4.04. The molecule has 0 fully saturated rings. The standard InChI is InChI=1S/C8H12N2O3/c1-10-7(8(11)12)5-6(9-10)3-4-13-2/h5H,3-4H2,1-2H3,(H,11,12). The molecule has 0 saturated carbocycles. The Labute approximate surface area is 75.9 Å². The highest BCUT2D eigenvalue weighted by Crippen LogP contribution is 2.03. The van der Waals surface area contributed by atoms with Gasteiger partial charge in [-0.05, 0) is 6.07 Å². The SMILES string of the molecule is COCCc1cc(C(=O)O)n(C)n1. The van der Waals surface area contributed by atoms with Crippen LogP contribution in [0.5, 0.6) is 0 Å². The third-order valence-electron chi connectivity index (χ3n) is 1.71.